The molecule has 1 atom stereocenters. The van der Waals surface area contributed by atoms with Crippen LogP contribution < -0.4 is 10.2 Å². The third-order valence-electron chi connectivity index (χ3n) is 6.89. The molecule has 2 aliphatic heterocycles. The predicted molar refractivity (Wildman–Crippen MR) is 152 cm³/mol. The highest BCUT2D eigenvalue weighted by Crippen LogP contribution is 2.27. The largest absolute Gasteiger partial charge is 0.507 e. The van der Waals surface area contributed by atoms with Crippen LogP contribution in [0.4, 0.5) is 17.5 Å². The van der Waals surface area contributed by atoms with E-state index in [4.69, 9.17) is 9.72 Å². The van der Waals surface area contributed by atoms with Gasteiger partial charge in [0.15, 0.2) is 17.4 Å². The number of aliphatic hydroxyl groups excluding tert-OH is 1. The molecule has 2 aliphatic rings. The number of carboxylic acid groups (broad SMARTS) is 1. The number of nitrogens with zero attached hydrogens (tertiary/aromatic N) is 6. The number of hydrogen-bond acceptors (Lipinski definition) is 10. The molecule has 0 bridgehead atoms. The number of carboxylic acids is 1. The molecule has 0 spiro atoms. The lowest BCUT2D eigenvalue weighted by Gasteiger charge is -2.33. The van der Waals surface area contributed by atoms with Gasteiger partial charge in [-0.05, 0) is 57.2 Å². The average molecular weight is 544 g/mol. The summed E-state index contributed by atoms with van der Waals surface area (Å²) in [4.78, 5) is 36.1. The van der Waals surface area contributed by atoms with Gasteiger partial charge in [-0.3, -0.25) is 9.78 Å². The van der Waals surface area contributed by atoms with Crippen LogP contribution in [0, 0.1) is 5.41 Å². The molecule has 11 heteroatoms. The third kappa shape index (κ3) is 6.53. The molecule has 3 N–H and O–H groups in total. The summed E-state index contributed by atoms with van der Waals surface area (Å²) < 4.78 is 6.00. The number of benzene rings is 1. The van der Waals surface area contributed by atoms with Gasteiger partial charge in [-0.15, -0.1) is 0 Å². The number of aliphatic carboxylic acids is 1. The zero-order chi connectivity index (χ0) is 28.1. The Bertz CT molecular complexity index is 1440. The van der Waals surface area contributed by atoms with Crippen LogP contribution in [0.25, 0.3) is 11.4 Å². The fraction of sp³-hybridized carbons (Fsp3) is 0.379. The summed E-state index contributed by atoms with van der Waals surface area (Å²) in [6.45, 7) is 4.85. The molecule has 4 heterocycles. The maximum Gasteiger partial charge on any atom is 0.309 e. The number of aliphatic hydroxyl groups is 1. The van der Waals surface area contributed by atoms with Crippen LogP contribution in [-0.4, -0.2) is 61.5 Å². The van der Waals surface area contributed by atoms with Gasteiger partial charge in [-0.1, -0.05) is 18.2 Å². The lowest BCUT2D eigenvalue weighted by Crippen LogP contribution is -2.40. The molecule has 5 rings (SSSR count). The topological polar surface area (TPSA) is 146 Å². The van der Waals surface area contributed by atoms with Gasteiger partial charge in [0.2, 0.25) is 0 Å². The van der Waals surface area contributed by atoms with Gasteiger partial charge in [0.1, 0.15) is 17.7 Å². The van der Waals surface area contributed by atoms with Crippen molar-refractivity contribution >= 4 is 29.6 Å². The standard InChI is InChI=1S/C29H33N7O4/c1-29(2,28(38)39)15-19-6-3-7-20(14-19)26-31-12-10-23(35-26)33-24-16-30-17-25(34-24)36-13-5-8-21(18-36)40-27-22(37)9-4-11-32-27/h3,6-7,10-12,14,16-17,21,37H,4-5,8-9,13,15,18H2,1-2H3,(H,38,39)(H,31,33,34,35). The molecule has 0 aliphatic carbocycles. The Morgan fingerprint density at radius 3 is 2.90 bits per heavy atom. The van der Waals surface area contributed by atoms with Crippen LogP contribution in [0.15, 0.2) is 65.6 Å². The Balaban J connectivity index is 1.27. The Hall–Kier alpha value is -4.54. The number of ether oxygens (including phenoxy) is 1. The van der Waals surface area contributed by atoms with Crippen LogP contribution in [-0.2, 0) is 16.0 Å². The van der Waals surface area contributed by atoms with Gasteiger partial charge >= 0.3 is 5.97 Å². The molecule has 0 radical (unpaired) electrons. The molecule has 0 amide bonds. The zero-order valence-electron chi connectivity index (χ0n) is 22.6. The van der Waals surface area contributed by atoms with E-state index in [1.807, 2.05) is 24.3 Å². The second kappa shape index (κ2) is 11.7. The summed E-state index contributed by atoms with van der Waals surface area (Å²) in [7, 11) is 0. The average Bonchev–Trinajstić information content (AvgIpc) is 2.95. The Morgan fingerprint density at radius 1 is 1.20 bits per heavy atom. The molecule has 40 heavy (non-hydrogen) atoms. The van der Waals surface area contributed by atoms with Crippen molar-refractivity contribution in [2.45, 2.75) is 52.1 Å². The monoisotopic (exact) mass is 543 g/mol. The van der Waals surface area contributed by atoms with Crippen molar-refractivity contribution in [3.05, 3.63) is 66.1 Å². The normalized spacial score (nSPS) is 17.6. The first kappa shape index (κ1) is 27.0. The van der Waals surface area contributed by atoms with E-state index in [9.17, 15) is 15.0 Å². The van der Waals surface area contributed by atoms with Gasteiger partial charge in [-0.2, -0.15) is 0 Å². The number of anilines is 3. The number of hydrogen-bond donors (Lipinski definition) is 3. The first-order chi connectivity index (χ1) is 19.3. The molecule has 208 valence electrons. The number of allylic oxidation sites excluding steroid dienone is 1. The summed E-state index contributed by atoms with van der Waals surface area (Å²) in [6, 6.07) is 9.38. The maximum atomic E-state index is 11.6. The molecular weight excluding hydrogens is 510 g/mol. The highest BCUT2D eigenvalue weighted by molar-refractivity contribution is 5.74. The van der Waals surface area contributed by atoms with Crippen molar-refractivity contribution in [2.75, 3.05) is 23.3 Å². The Labute approximate surface area is 232 Å². The second-order valence-corrected chi connectivity index (χ2v) is 10.6. The van der Waals surface area contributed by atoms with Crippen molar-refractivity contribution in [3.63, 3.8) is 0 Å². The van der Waals surface area contributed by atoms with Gasteiger partial charge in [0.25, 0.3) is 5.88 Å². The number of rotatable bonds is 9. The predicted octanol–water partition coefficient (Wildman–Crippen LogP) is 4.91. The van der Waals surface area contributed by atoms with E-state index in [2.05, 4.69) is 30.2 Å². The zero-order valence-corrected chi connectivity index (χ0v) is 22.6. The summed E-state index contributed by atoms with van der Waals surface area (Å²) >= 11 is 0. The van der Waals surface area contributed by atoms with Crippen molar-refractivity contribution in [1.82, 2.24) is 19.9 Å². The Kier molecular flexibility index (Phi) is 7.90. The highest BCUT2D eigenvalue weighted by atomic mass is 16.5. The second-order valence-electron chi connectivity index (χ2n) is 10.6. The molecule has 1 saturated heterocycles. The number of aromatic nitrogens is 4. The fourth-order valence-corrected chi connectivity index (χ4v) is 4.70. The molecule has 11 nitrogen and oxygen atoms in total. The number of carbonyl (C=O) groups is 1. The van der Waals surface area contributed by atoms with Crippen molar-refractivity contribution in [1.29, 1.82) is 0 Å². The van der Waals surface area contributed by atoms with Gasteiger partial charge < -0.3 is 25.2 Å². The summed E-state index contributed by atoms with van der Waals surface area (Å²) in [5, 5.41) is 22.8. The minimum atomic E-state index is -0.879. The molecule has 0 saturated carbocycles. The molecular formula is C29H33N7O4. The lowest BCUT2D eigenvalue weighted by molar-refractivity contribution is -0.146. The summed E-state index contributed by atoms with van der Waals surface area (Å²) in [5.41, 5.74) is 0.816. The van der Waals surface area contributed by atoms with Crippen LogP contribution >= 0.6 is 0 Å². The van der Waals surface area contributed by atoms with Crippen molar-refractivity contribution in [2.24, 2.45) is 10.4 Å². The maximum absolute atomic E-state index is 11.6. The molecule has 1 unspecified atom stereocenters. The number of nitrogens with one attached hydrogen (secondary N) is 1. The smallest absolute Gasteiger partial charge is 0.309 e. The van der Waals surface area contributed by atoms with E-state index in [1.165, 1.54) is 0 Å². The van der Waals surface area contributed by atoms with Gasteiger partial charge in [0.05, 0.1) is 24.4 Å². The van der Waals surface area contributed by atoms with E-state index in [0.717, 1.165) is 36.9 Å². The molecule has 1 fully saturated rings. The lowest BCUT2D eigenvalue weighted by atomic mass is 9.85. The van der Waals surface area contributed by atoms with E-state index in [-0.39, 0.29) is 11.9 Å². The van der Waals surface area contributed by atoms with Crippen molar-refractivity contribution < 1.29 is 19.7 Å². The molecule has 1 aromatic carbocycles. The first-order valence-electron chi connectivity index (χ1n) is 13.4. The Morgan fingerprint density at radius 2 is 2.08 bits per heavy atom. The van der Waals surface area contributed by atoms with E-state index >= 15 is 0 Å². The minimum absolute atomic E-state index is 0.110. The van der Waals surface area contributed by atoms with Crippen LogP contribution in [0.5, 0.6) is 0 Å². The number of aliphatic imine (C=N–C) groups is 1. The van der Waals surface area contributed by atoms with Gasteiger partial charge in [-0.25, -0.2) is 19.9 Å². The van der Waals surface area contributed by atoms with E-state index in [1.54, 1.807) is 44.7 Å². The number of piperidine rings is 1. The summed E-state index contributed by atoms with van der Waals surface area (Å²) in [5.74, 6) is 2.01. The van der Waals surface area contributed by atoms with Crippen molar-refractivity contribution in [3.8, 4) is 11.4 Å². The van der Waals surface area contributed by atoms with Crippen LogP contribution in [0.1, 0.15) is 45.1 Å². The highest BCUT2D eigenvalue weighted by Gasteiger charge is 2.28. The fourth-order valence-electron chi connectivity index (χ4n) is 4.70. The SMILES string of the molecule is CC(C)(Cc1cccc(-c2nccc(Nc3cncc(N4CCCC(OC5=C(O)CCC=N5)C4)n3)n2)c1)C(=O)O. The van der Waals surface area contributed by atoms with Crippen LogP contribution in [0.3, 0.4) is 0 Å². The van der Waals surface area contributed by atoms with Crippen LogP contribution in [0.2, 0.25) is 0 Å². The quantitative estimate of drug-likeness (QED) is 0.340. The summed E-state index contributed by atoms with van der Waals surface area (Å²) in [6.07, 6.45) is 10.1. The molecule has 2 aromatic heterocycles. The van der Waals surface area contributed by atoms with Gasteiger partial charge in [0, 0.05) is 30.9 Å². The molecule has 3 aromatic rings. The first-order valence-corrected chi connectivity index (χ1v) is 13.4. The van der Waals surface area contributed by atoms with E-state index in [0.29, 0.717) is 48.5 Å². The minimum Gasteiger partial charge on any atom is -0.507 e. The van der Waals surface area contributed by atoms with E-state index < -0.39 is 11.4 Å². The third-order valence-corrected chi connectivity index (χ3v) is 6.89.